The quantitative estimate of drug-likeness (QED) is 0.827. The van der Waals surface area contributed by atoms with Gasteiger partial charge in [-0.1, -0.05) is 30.3 Å². The summed E-state index contributed by atoms with van der Waals surface area (Å²) in [6.45, 7) is -0.163. The number of hydrogen-bond acceptors (Lipinski definition) is 6. The summed E-state index contributed by atoms with van der Waals surface area (Å²) in [6, 6.07) is 13.3. The largest absolute Gasteiger partial charge is 0.339 e. The Morgan fingerprint density at radius 3 is 2.50 bits per heavy atom. The van der Waals surface area contributed by atoms with E-state index >= 15 is 0 Å². The molecule has 0 aliphatic carbocycles. The highest BCUT2D eigenvalue weighted by Crippen LogP contribution is 2.27. The number of rotatable bonds is 4. The van der Waals surface area contributed by atoms with E-state index < -0.39 is 20.1 Å². The van der Waals surface area contributed by atoms with Gasteiger partial charge in [0.15, 0.2) is 5.84 Å². The van der Waals surface area contributed by atoms with Gasteiger partial charge in [0, 0.05) is 16.8 Å². The van der Waals surface area contributed by atoms with Gasteiger partial charge in [0.05, 0.1) is 12.9 Å². The predicted octanol–water partition coefficient (Wildman–Crippen LogP) is 1.72. The Bertz CT molecular complexity index is 1030. The number of benzene rings is 2. The van der Waals surface area contributed by atoms with Crippen LogP contribution in [0.4, 0.5) is 5.69 Å². The average Bonchev–Trinajstić information content (AvgIpc) is 2.77. The maximum absolute atomic E-state index is 12.1. The van der Waals surface area contributed by atoms with Crippen LogP contribution >= 0.6 is 0 Å². The molecular formula is C15H14N2O5S2. The van der Waals surface area contributed by atoms with E-state index in [0.717, 1.165) is 6.26 Å². The molecule has 0 aromatic heterocycles. The van der Waals surface area contributed by atoms with Gasteiger partial charge < -0.3 is 5.32 Å². The molecule has 0 saturated carbocycles. The fourth-order valence-electron chi connectivity index (χ4n) is 2.26. The Kier molecular flexibility index (Phi) is 4.16. The molecular weight excluding hydrogens is 352 g/mol. The minimum atomic E-state index is -3.72. The third-order valence-electron chi connectivity index (χ3n) is 3.33. The number of nitrogens with one attached hydrogen (secondary N) is 1. The summed E-state index contributed by atoms with van der Waals surface area (Å²) in [6.07, 6.45) is 0.965. The molecule has 1 heterocycles. The summed E-state index contributed by atoms with van der Waals surface area (Å²) in [5, 5.41) is 2.95. The molecule has 0 saturated heterocycles. The minimum Gasteiger partial charge on any atom is -0.339 e. The molecule has 2 aromatic rings. The van der Waals surface area contributed by atoms with Gasteiger partial charge in [0.2, 0.25) is 0 Å². The molecule has 0 atom stereocenters. The minimum absolute atomic E-state index is 0.136. The van der Waals surface area contributed by atoms with Crippen molar-refractivity contribution >= 4 is 31.7 Å². The molecule has 0 bridgehead atoms. The summed E-state index contributed by atoms with van der Waals surface area (Å²) in [5.41, 5.74) is 1.55. The number of para-hydroxylation sites is 1. The molecule has 0 radical (unpaired) electrons. The summed E-state index contributed by atoms with van der Waals surface area (Å²) in [5.74, 6) is 0.192. The highest BCUT2D eigenvalue weighted by atomic mass is 32.2. The molecule has 2 aromatic carbocycles. The molecule has 7 nitrogen and oxygen atoms in total. The molecule has 24 heavy (non-hydrogen) atoms. The molecule has 0 amide bonds. The number of fused-ring (bicyclic) bond motifs is 1. The van der Waals surface area contributed by atoms with Gasteiger partial charge in [-0.25, -0.2) is 0 Å². The van der Waals surface area contributed by atoms with Crippen LogP contribution in [0.25, 0.3) is 0 Å². The monoisotopic (exact) mass is 366 g/mol. The van der Waals surface area contributed by atoms with Crippen LogP contribution in [0.2, 0.25) is 0 Å². The molecule has 0 unspecified atom stereocenters. The van der Waals surface area contributed by atoms with E-state index in [4.69, 9.17) is 4.18 Å². The van der Waals surface area contributed by atoms with Gasteiger partial charge in [-0.3, -0.25) is 4.18 Å². The second kappa shape index (κ2) is 6.00. The van der Waals surface area contributed by atoms with Crippen molar-refractivity contribution in [3.63, 3.8) is 0 Å². The zero-order valence-electron chi connectivity index (χ0n) is 12.6. The van der Waals surface area contributed by atoms with Gasteiger partial charge in [-0.15, -0.1) is 4.40 Å². The fraction of sp³-hybridized carbons (Fsp3) is 0.133. The Labute approximate surface area is 140 Å². The topological polar surface area (TPSA) is 102 Å². The third kappa shape index (κ3) is 3.48. The number of sulfonamides is 1. The Balaban J connectivity index is 1.93. The SMILES string of the molecule is CS(=O)(=O)OCc1ccccc1NC1=NS(=O)(=O)c2ccccc21. The van der Waals surface area contributed by atoms with E-state index in [9.17, 15) is 16.8 Å². The number of anilines is 1. The summed E-state index contributed by atoms with van der Waals surface area (Å²) < 4.78 is 55.0. The van der Waals surface area contributed by atoms with Crippen molar-refractivity contribution in [2.75, 3.05) is 11.6 Å². The van der Waals surface area contributed by atoms with Gasteiger partial charge in [0.25, 0.3) is 20.1 Å². The highest BCUT2D eigenvalue weighted by Gasteiger charge is 2.28. The van der Waals surface area contributed by atoms with Crippen LogP contribution in [0, 0.1) is 0 Å². The van der Waals surface area contributed by atoms with Crippen LogP contribution in [0.3, 0.4) is 0 Å². The summed E-state index contributed by atoms with van der Waals surface area (Å²) >= 11 is 0. The lowest BCUT2D eigenvalue weighted by Gasteiger charge is -2.11. The van der Waals surface area contributed by atoms with Crippen molar-refractivity contribution in [3.05, 3.63) is 59.7 Å². The van der Waals surface area contributed by atoms with Crippen LogP contribution < -0.4 is 5.32 Å². The Morgan fingerprint density at radius 1 is 1.08 bits per heavy atom. The fourth-order valence-corrected chi connectivity index (χ4v) is 3.78. The molecule has 126 valence electrons. The molecule has 9 heteroatoms. The van der Waals surface area contributed by atoms with E-state index in [1.807, 2.05) is 0 Å². The first-order valence-electron chi connectivity index (χ1n) is 6.90. The van der Waals surface area contributed by atoms with Gasteiger partial charge >= 0.3 is 0 Å². The second-order valence-corrected chi connectivity index (χ2v) is 8.38. The number of amidine groups is 1. The lowest BCUT2D eigenvalue weighted by Crippen LogP contribution is -2.13. The van der Waals surface area contributed by atoms with E-state index in [0.29, 0.717) is 16.8 Å². The van der Waals surface area contributed by atoms with E-state index in [2.05, 4.69) is 9.71 Å². The van der Waals surface area contributed by atoms with E-state index in [1.54, 1.807) is 42.5 Å². The molecule has 1 aliphatic heterocycles. The first-order chi connectivity index (χ1) is 11.3. The summed E-state index contributed by atoms with van der Waals surface area (Å²) in [4.78, 5) is 0.136. The first-order valence-corrected chi connectivity index (χ1v) is 10.2. The van der Waals surface area contributed by atoms with Gasteiger partial charge in [-0.2, -0.15) is 16.8 Å². The second-order valence-electron chi connectivity index (χ2n) is 5.16. The van der Waals surface area contributed by atoms with Gasteiger partial charge in [-0.05, 0) is 18.2 Å². The van der Waals surface area contributed by atoms with Crippen molar-refractivity contribution in [1.82, 2.24) is 0 Å². The van der Waals surface area contributed by atoms with Crippen molar-refractivity contribution in [2.24, 2.45) is 4.40 Å². The van der Waals surface area contributed by atoms with Crippen LogP contribution in [-0.2, 0) is 30.9 Å². The van der Waals surface area contributed by atoms with Crippen molar-refractivity contribution in [2.45, 2.75) is 11.5 Å². The molecule has 1 aliphatic rings. The van der Waals surface area contributed by atoms with E-state index in [-0.39, 0.29) is 17.3 Å². The first kappa shape index (κ1) is 16.6. The lowest BCUT2D eigenvalue weighted by molar-refractivity contribution is 0.312. The predicted molar refractivity (Wildman–Crippen MR) is 89.9 cm³/mol. The third-order valence-corrected chi connectivity index (χ3v) is 5.21. The van der Waals surface area contributed by atoms with Crippen LogP contribution in [0.15, 0.2) is 57.8 Å². The van der Waals surface area contributed by atoms with Crippen molar-refractivity contribution in [1.29, 1.82) is 0 Å². The van der Waals surface area contributed by atoms with Crippen LogP contribution in [0.5, 0.6) is 0 Å². The lowest BCUT2D eigenvalue weighted by atomic mass is 10.1. The zero-order valence-corrected chi connectivity index (χ0v) is 14.3. The maximum Gasteiger partial charge on any atom is 0.285 e. The Morgan fingerprint density at radius 2 is 1.75 bits per heavy atom. The van der Waals surface area contributed by atoms with Crippen molar-refractivity contribution < 1.29 is 21.0 Å². The standard InChI is InChI=1S/C15H14N2O5S2/c1-23(18,19)22-10-11-6-2-4-8-13(11)16-15-12-7-3-5-9-14(12)24(20,21)17-15/h2-9H,10H2,1H3,(H,16,17). The summed E-state index contributed by atoms with van der Waals surface area (Å²) in [7, 11) is -7.31. The van der Waals surface area contributed by atoms with Crippen LogP contribution in [0.1, 0.15) is 11.1 Å². The molecule has 3 rings (SSSR count). The Hall–Kier alpha value is -2.23. The van der Waals surface area contributed by atoms with Gasteiger partial charge in [0.1, 0.15) is 4.90 Å². The molecule has 0 fully saturated rings. The number of nitrogens with zero attached hydrogens (tertiary/aromatic N) is 1. The normalized spacial score (nSPS) is 15.6. The molecule has 0 spiro atoms. The molecule has 1 N–H and O–H groups in total. The van der Waals surface area contributed by atoms with E-state index in [1.165, 1.54) is 6.07 Å². The number of hydrogen-bond donors (Lipinski definition) is 1. The average molecular weight is 366 g/mol. The zero-order chi connectivity index (χ0) is 17.4. The highest BCUT2D eigenvalue weighted by molar-refractivity contribution is 7.90. The van der Waals surface area contributed by atoms with Crippen molar-refractivity contribution in [3.8, 4) is 0 Å². The van der Waals surface area contributed by atoms with Crippen LogP contribution in [-0.4, -0.2) is 28.9 Å². The maximum atomic E-state index is 12.1. The smallest absolute Gasteiger partial charge is 0.285 e.